The summed E-state index contributed by atoms with van der Waals surface area (Å²) in [6, 6.07) is 7.36. The number of anilines is 1. The first-order valence-corrected chi connectivity index (χ1v) is 9.42. The van der Waals surface area contributed by atoms with Gasteiger partial charge >= 0.3 is 6.18 Å². The largest absolute Gasteiger partial charge is 0.491 e. The number of halogens is 3. The summed E-state index contributed by atoms with van der Waals surface area (Å²) in [4.78, 5) is 14.7. The van der Waals surface area contributed by atoms with Crippen molar-refractivity contribution in [3.8, 4) is 5.75 Å². The zero-order valence-electron chi connectivity index (χ0n) is 16.1. The maximum absolute atomic E-state index is 13.0. The van der Waals surface area contributed by atoms with E-state index in [9.17, 15) is 18.3 Å². The maximum Gasteiger partial charge on any atom is 0.417 e. The molecule has 1 saturated heterocycles. The minimum atomic E-state index is -4.63. The minimum absolute atomic E-state index is 0.0496. The van der Waals surface area contributed by atoms with E-state index in [-0.39, 0.29) is 19.2 Å². The Kier molecular flexibility index (Phi) is 4.72. The van der Waals surface area contributed by atoms with E-state index in [1.54, 1.807) is 11.0 Å². The Morgan fingerprint density at radius 2 is 1.86 bits per heavy atom. The Hall–Kier alpha value is -2.68. The Balaban J connectivity index is 1.51. The quantitative estimate of drug-likeness (QED) is 0.716. The van der Waals surface area contributed by atoms with Crippen LogP contribution in [0.3, 0.4) is 0 Å². The first-order valence-electron chi connectivity index (χ1n) is 9.42. The summed E-state index contributed by atoms with van der Waals surface area (Å²) in [5, 5.41) is 9.84. The highest BCUT2D eigenvalue weighted by atomic mass is 19.4. The highest BCUT2D eigenvalue weighted by molar-refractivity contribution is 6.21. The van der Waals surface area contributed by atoms with Gasteiger partial charge in [0.1, 0.15) is 17.9 Å². The van der Waals surface area contributed by atoms with Crippen LogP contribution < -0.4 is 9.64 Å². The van der Waals surface area contributed by atoms with E-state index in [0.29, 0.717) is 17.2 Å². The van der Waals surface area contributed by atoms with Crippen LogP contribution in [0.15, 0.2) is 35.6 Å². The fourth-order valence-corrected chi connectivity index (χ4v) is 3.51. The SMILES string of the molecule is CC(C)Oc1ccc2c(c1)C(c1cc(N3CCC(O)(C(F)(F)F)CC3)ncn1)=N2. The van der Waals surface area contributed by atoms with Gasteiger partial charge in [0.15, 0.2) is 5.60 Å². The number of ether oxygens (including phenoxy) is 1. The summed E-state index contributed by atoms with van der Waals surface area (Å²) in [7, 11) is 0. The van der Waals surface area contributed by atoms with Gasteiger partial charge in [0.2, 0.25) is 0 Å². The third kappa shape index (κ3) is 3.66. The van der Waals surface area contributed by atoms with Crippen molar-refractivity contribution in [3.63, 3.8) is 0 Å². The summed E-state index contributed by atoms with van der Waals surface area (Å²) in [6.07, 6.45) is -3.99. The predicted molar refractivity (Wildman–Crippen MR) is 102 cm³/mol. The summed E-state index contributed by atoms with van der Waals surface area (Å²) < 4.78 is 44.8. The Labute approximate surface area is 166 Å². The molecule has 0 atom stereocenters. The number of benzene rings is 1. The minimum Gasteiger partial charge on any atom is -0.491 e. The second kappa shape index (κ2) is 6.98. The number of hydrogen-bond acceptors (Lipinski definition) is 6. The van der Waals surface area contributed by atoms with E-state index in [2.05, 4.69) is 15.0 Å². The lowest BCUT2D eigenvalue weighted by atomic mass is 9.91. The average molecular weight is 406 g/mol. The molecule has 1 aromatic carbocycles. The van der Waals surface area contributed by atoms with Crippen molar-refractivity contribution in [1.82, 2.24) is 9.97 Å². The molecule has 0 bridgehead atoms. The number of aliphatic imine (C=N–C) groups is 1. The normalized spacial score (nSPS) is 18.2. The van der Waals surface area contributed by atoms with Crippen LogP contribution in [0.2, 0.25) is 0 Å². The van der Waals surface area contributed by atoms with Crippen molar-refractivity contribution in [2.24, 2.45) is 4.99 Å². The molecule has 4 rings (SSSR count). The molecule has 1 N–H and O–H groups in total. The number of hydrogen-bond donors (Lipinski definition) is 1. The summed E-state index contributed by atoms with van der Waals surface area (Å²) in [5.74, 6) is 1.26. The first kappa shape index (κ1) is 19.6. The summed E-state index contributed by atoms with van der Waals surface area (Å²) in [5.41, 5.74) is 0.410. The van der Waals surface area contributed by atoms with Crippen molar-refractivity contribution in [2.75, 3.05) is 18.0 Å². The molecule has 6 nitrogen and oxygen atoms in total. The van der Waals surface area contributed by atoms with Gasteiger partial charge in [-0.15, -0.1) is 0 Å². The van der Waals surface area contributed by atoms with E-state index < -0.39 is 24.6 Å². The van der Waals surface area contributed by atoms with Gasteiger partial charge in [-0.05, 0) is 32.0 Å². The molecule has 0 radical (unpaired) electrons. The molecular weight excluding hydrogens is 385 g/mol. The van der Waals surface area contributed by atoms with Gasteiger partial charge < -0.3 is 14.7 Å². The number of aromatic nitrogens is 2. The van der Waals surface area contributed by atoms with E-state index in [1.165, 1.54) is 6.33 Å². The lowest BCUT2D eigenvalue weighted by Crippen LogP contribution is -2.53. The monoisotopic (exact) mass is 406 g/mol. The number of fused-ring (bicyclic) bond motifs is 1. The van der Waals surface area contributed by atoms with Crippen molar-refractivity contribution < 1.29 is 23.0 Å². The molecule has 3 heterocycles. The van der Waals surface area contributed by atoms with Crippen LogP contribution in [0.4, 0.5) is 24.7 Å². The second-order valence-corrected chi connectivity index (χ2v) is 7.58. The summed E-state index contributed by atoms with van der Waals surface area (Å²) in [6.45, 7) is 4.01. The van der Waals surface area contributed by atoms with Crippen LogP contribution in [0.25, 0.3) is 0 Å². The molecule has 0 spiro atoms. The van der Waals surface area contributed by atoms with Crippen LogP contribution in [0.5, 0.6) is 5.75 Å². The van der Waals surface area contributed by atoms with E-state index in [1.807, 2.05) is 32.0 Å². The molecule has 2 aliphatic rings. The predicted octanol–water partition coefficient (Wildman–Crippen LogP) is 3.64. The van der Waals surface area contributed by atoms with Gasteiger partial charge in [0, 0.05) is 37.6 Å². The molecule has 154 valence electrons. The summed E-state index contributed by atoms with van der Waals surface area (Å²) >= 11 is 0. The third-order valence-electron chi connectivity index (χ3n) is 5.16. The lowest BCUT2D eigenvalue weighted by Gasteiger charge is -2.39. The Morgan fingerprint density at radius 3 is 2.52 bits per heavy atom. The fourth-order valence-electron chi connectivity index (χ4n) is 3.51. The van der Waals surface area contributed by atoms with Gasteiger partial charge in [-0.25, -0.2) is 15.0 Å². The van der Waals surface area contributed by atoms with E-state index >= 15 is 0 Å². The molecule has 0 amide bonds. The van der Waals surface area contributed by atoms with Crippen molar-refractivity contribution in [3.05, 3.63) is 41.9 Å². The molecule has 0 unspecified atom stereocenters. The van der Waals surface area contributed by atoms with Crippen LogP contribution in [-0.4, -0.2) is 51.8 Å². The molecule has 1 aromatic heterocycles. The number of aliphatic hydroxyl groups is 1. The Morgan fingerprint density at radius 1 is 1.14 bits per heavy atom. The van der Waals surface area contributed by atoms with E-state index in [0.717, 1.165) is 17.0 Å². The standard InChI is InChI=1S/C20H21F3N4O2/c1-12(2)29-13-3-4-15-14(9-13)18(26-15)16-10-17(25-11-24-16)27-7-5-19(28,6-8-27)20(21,22)23/h3-4,9-12,28H,5-8H2,1-2H3. The molecule has 2 aliphatic heterocycles. The molecule has 9 heteroatoms. The van der Waals surface area contributed by atoms with Crippen molar-refractivity contribution in [2.45, 2.75) is 44.6 Å². The highest BCUT2D eigenvalue weighted by Gasteiger charge is 2.54. The molecule has 0 saturated carbocycles. The highest BCUT2D eigenvalue weighted by Crippen LogP contribution is 2.39. The number of rotatable bonds is 4. The molecule has 29 heavy (non-hydrogen) atoms. The molecule has 2 aromatic rings. The number of nitrogens with zero attached hydrogens (tertiary/aromatic N) is 4. The van der Waals surface area contributed by atoms with Crippen LogP contribution in [0, 0.1) is 0 Å². The number of piperidine rings is 1. The lowest BCUT2D eigenvalue weighted by molar-refractivity contribution is -0.266. The zero-order valence-corrected chi connectivity index (χ0v) is 16.1. The van der Waals surface area contributed by atoms with Gasteiger partial charge in [-0.2, -0.15) is 13.2 Å². The maximum atomic E-state index is 13.0. The van der Waals surface area contributed by atoms with Crippen molar-refractivity contribution >= 4 is 17.2 Å². The zero-order chi connectivity index (χ0) is 20.8. The Bertz CT molecular complexity index is 951. The van der Waals surface area contributed by atoms with Crippen LogP contribution in [-0.2, 0) is 0 Å². The third-order valence-corrected chi connectivity index (χ3v) is 5.16. The second-order valence-electron chi connectivity index (χ2n) is 7.58. The molecular formula is C20H21F3N4O2. The molecule has 0 aliphatic carbocycles. The van der Waals surface area contributed by atoms with Gasteiger partial charge in [-0.1, -0.05) is 0 Å². The molecule has 1 fully saturated rings. The average Bonchev–Trinajstić information content (AvgIpc) is 2.64. The van der Waals surface area contributed by atoms with Crippen LogP contribution in [0.1, 0.15) is 37.9 Å². The first-order chi connectivity index (χ1) is 13.7. The fraction of sp³-hybridized carbons (Fsp3) is 0.450. The van der Waals surface area contributed by atoms with E-state index in [4.69, 9.17) is 4.74 Å². The van der Waals surface area contributed by atoms with Gasteiger partial charge in [0.05, 0.1) is 23.2 Å². The van der Waals surface area contributed by atoms with Crippen molar-refractivity contribution in [1.29, 1.82) is 0 Å². The van der Waals surface area contributed by atoms with Gasteiger partial charge in [-0.3, -0.25) is 0 Å². The van der Waals surface area contributed by atoms with Crippen LogP contribution >= 0.6 is 0 Å². The smallest absolute Gasteiger partial charge is 0.417 e. The number of alkyl halides is 3. The van der Waals surface area contributed by atoms with Gasteiger partial charge in [0.25, 0.3) is 0 Å². The topological polar surface area (TPSA) is 70.8 Å².